The molecule has 0 unspecified atom stereocenters. The summed E-state index contributed by atoms with van der Waals surface area (Å²) >= 11 is 0. The first-order valence-corrected chi connectivity index (χ1v) is 4.05. The molecule has 0 aliphatic rings. The zero-order chi connectivity index (χ0) is 9.84. The van der Waals surface area contributed by atoms with E-state index in [9.17, 15) is 4.79 Å². The molecule has 0 aliphatic carbocycles. The minimum atomic E-state index is -0.955. The van der Waals surface area contributed by atoms with E-state index in [1.807, 2.05) is 13.2 Å². The number of nitrogens with zero attached hydrogens (tertiary/aromatic N) is 2. The lowest BCUT2D eigenvalue weighted by atomic mass is 10.1. The van der Waals surface area contributed by atoms with Crippen molar-refractivity contribution < 1.29 is 9.90 Å². The van der Waals surface area contributed by atoms with Crippen LogP contribution in [0, 0.1) is 0 Å². The quantitative estimate of drug-likeness (QED) is 0.826. The summed E-state index contributed by atoms with van der Waals surface area (Å²) in [6, 6.07) is -0.778. The zero-order valence-corrected chi connectivity index (χ0v) is 9.92. The average molecular weight is 256 g/mol. The Labute approximate surface area is 100 Å². The predicted molar refractivity (Wildman–Crippen MR) is 61.6 cm³/mol. The van der Waals surface area contributed by atoms with E-state index in [0.29, 0.717) is 12.8 Å². The molecule has 0 amide bonds. The van der Waals surface area contributed by atoms with E-state index in [4.69, 9.17) is 10.8 Å². The highest BCUT2D eigenvalue weighted by Gasteiger charge is 2.11. The molecule has 0 radical (unpaired) electrons. The molecule has 0 spiro atoms. The fraction of sp³-hybridized carbons (Fsp3) is 0.500. The van der Waals surface area contributed by atoms with Gasteiger partial charge < -0.3 is 10.8 Å². The first-order chi connectivity index (χ1) is 6.09. The summed E-state index contributed by atoms with van der Waals surface area (Å²) in [6.07, 6.45) is 4.67. The van der Waals surface area contributed by atoms with Crippen molar-refractivity contribution in [2.24, 2.45) is 12.8 Å². The van der Waals surface area contributed by atoms with Crippen molar-refractivity contribution in [2.45, 2.75) is 18.9 Å². The summed E-state index contributed by atoms with van der Waals surface area (Å²) in [6.45, 7) is 0. The van der Waals surface area contributed by atoms with Gasteiger partial charge in [-0.1, -0.05) is 0 Å². The van der Waals surface area contributed by atoms with E-state index < -0.39 is 12.0 Å². The number of aromatic nitrogens is 2. The number of carboxylic acids is 1. The number of halogens is 2. The van der Waals surface area contributed by atoms with Crippen LogP contribution in [0.2, 0.25) is 0 Å². The fourth-order valence-electron chi connectivity index (χ4n) is 1.05. The third-order valence-corrected chi connectivity index (χ3v) is 1.82. The third kappa shape index (κ3) is 5.61. The van der Waals surface area contributed by atoms with Gasteiger partial charge in [-0.3, -0.25) is 9.48 Å². The number of aryl methyl sites for hydroxylation is 2. The van der Waals surface area contributed by atoms with Crippen LogP contribution in [-0.2, 0) is 18.3 Å². The Morgan fingerprint density at radius 1 is 1.67 bits per heavy atom. The molecule has 0 fully saturated rings. The molecule has 1 atom stereocenters. The molecule has 0 saturated heterocycles. The number of hydrogen-bond acceptors (Lipinski definition) is 3. The Morgan fingerprint density at radius 3 is 2.67 bits per heavy atom. The van der Waals surface area contributed by atoms with E-state index in [0.717, 1.165) is 5.56 Å². The van der Waals surface area contributed by atoms with Crippen molar-refractivity contribution in [3.63, 3.8) is 0 Å². The lowest BCUT2D eigenvalue weighted by Gasteiger charge is -2.03. The molecule has 7 heteroatoms. The van der Waals surface area contributed by atoms with Crippen LogP contribution in [0.3, 0.4) is 0 Å². The summed E-state index contributed by atoms with van der Waals surface area (Å²) in [5, 5.41) is 12.5. The van der Waals surface area contributed by atoms with Crippen LogP contribution in [-0.4, -0.2) is 26.9 Å². The molecule has 1 rings (SSSR count). The monoisotopic (exact) mass is 255 g/mol. The molecule has 5 nitrogen and oxygen atoms in total. The lowest BCUT2D eigenvalue weighted by Crippen LogP contribution is -2.30. The van der Waals surface area contributed by atoms with Crippen LogP contribution in [0.4, 0.5) is 0 Å². The zero-order valence-electron chi connectivity index (χ0n) is 8.29. The molecule has 88 valence electrons. The summed E-state index contributed by atoms with van der Waals surface area (Å²) in [5.74, 6) is -0.955. The maximum absolute atomic E-state index is 10.4. The number of carbonyl (C=O) groups is 1. The molecule has 0 aliphatic heterocycles. The molecule has 0 saturated carbocycles. The van der Waals surface area contributed by atoms with Crippen LogP contribution < -0.4 is 5.73 Å². The largest absolute Gasteiger partial charge is 0.480 e. The van der Waals surface area contributed by atoms with Gasteiger partial charge in [0, 0.05) is 13.2 Å². The first-order valence-electron chi connectivity index (χ1n) is 4.05. The van der Waals surface area contributed by atoms with E-state index in [1.165, 1.54) is 0 Å². The second-order valence-corrected chi connectivity index (χ2v) is 3.01. The Kier molecular flexibility index (Phi) is 8.33. The number of carboxylic acid groups (broad SMARTS) is 1. The van der Waals surface area contributed by atoms with Gasteiger partial charge in [-0.05, 0) is 18.4 Å². The Hall–Kier alpha value is -0.780. The standard InChI is InChI=1S/C8H13N3O2.2ClH/c1-11-5-6(4-10-11)2-3-7(9)8(12)13;;/h4-5,7H,2-3,9H2,1H3,(H,12,13);2*1H/t7-;;/m0../s1. The third-order valence-electron chi connectivity index (χ3n) is 1.82. The van der Waals surface area contributed by atoms with Gasteiger partial charge in [0.15, 0.2) is 0 Å². The Morgan fingerprint density at radius 2 is 2.27 bits per heavy atom. The molecule has 1 heterocycles. The molecular formula is C8H15Cl2N3O2. The number of aliphatic carboxylic acids is 1. The first kappa shape index (κ1) is 16.6. The average Bonchev–Trinajstić information content (AvgIpc) is 2.47. The topological polar surface area (TPSA) is 81.1 Å². The van der Waals surface area contributed by atoms with Gasteiger partial charge in [-0.2, -0.15) is 5.10 Å². The minimum Gasteiger partial charge on any atom is -0.480 e. The minimum absolute atomic E-state index is 0. The molecule has 1 aromatic heterocycles. The van der Waals surface area contributed by atoms with Crippen molar-refractivity contribution in [1.82, 2.24) is 9.78 Å². The number of nitrogens with two attached hydrogens (primary N) is 1. The summed E-state index contributed by atoms with van der Waals surface area (Å²) in [5.41, 5.74) is 6.36. The summed E-state index contributed by atoms with van der Waals surface area (Å²) in [7, 11) is 1.82. The van der Waals surface area contributed by atoms with Crippen LogP contribution in [0.15, 0.2) is 12.4 Å². The van der Waals surface area contributed by atoms with Gasteiger partial charge >= 0.3 is 5.97 Å². The number of rotatable bonds is 4. The van der Waals surface area contributed by atoms with E-state index in [1.54, 1.807) is 10.9 Å². The van der Waals surface area contributed by atoms with Crippen molar-refractivity contribution >= 4 is 30.8 Å². The molecule has 1 aromatic rings. The van der Waals surface area contributed by atoms with Gasteiger partial charge in [-0.25, -0.2) is 0 Å². The normalized spacial score (nSPS) is 11.1. The highest BCUT2D eigenvalue weighted by Crippen LogP contribution is 2.02. The number of hydrogen-bond donors (Lipinski definition) is 2. The van der Waals surface area contributed by atoms with Crippen molar-refractivity contribution in [1.29, 1.82) is 0 Å². The van der Waals surface area contributed by atoms with Crippen LogP contribution in [0.25, 0.3) is 0 Å². The van der Waals surface area contributed by atoms with Crippen LogP contribution in [0.1, 0.15) is 12.0 Å². The second-order valence-electron chi connectivity index (χ2n) is 3.01. The smallest absolute Gasteiger partial charge is 0.320 e. The summed E-state index contributed by atoms with van der Waals surface area (Å²) < 4.78 is 1.68. The molecular weight excluding hydrogens is 241 g/mol. The molecule has 15 heavy (non-hydrogen) atoms. The highest BCUT2D eigenvalue weighted by molar-refractivity contribution is 5.85. The van der Waals surface area contributed by atoms with Gasteiger partial charge in [0.1, 0.15) is 6.04 Å². The van der Waals surface area contributed by atoms with Crippen LogP contribution in [0.5, 0.6) is 0 Å². The van der Waals surface area contributed by atoms with Crippen LogP contribution >= 0.6 is 24.8 Å². The predicted octanol–water partition coefficient (Wildman–Crippen LogP) is 0.608. The maximum atomic E-state index is 10.4. The van der Waals surface area contributed by atoms with Gasteiger partial charge in [0.05, 0.1) is 6.20 Å². The lowest BCUT2D eigenvalue weighted by molar-refractivity contribution is -0.138. The van der Waals surface area contributed by atoms with Crippen molar-refractivity contribution in [3.8, 4) is 0 Å². The SMILES string of the molecule is Cl.Cl.Cn1cc(CC[C@H](N)C(=O)O)cn1. The Balaban J connectivity index is 0. The maximum Gasteiger partial charge on any atom is 0.320 e. The van der Waals surface area contributed by atoms with E-state index >= 15 is 0 Å². The van der Waals surface area contributed by atoms with Gasteiger partial charge in [0.25, 0.3) is 0 Å². The van der Waals surface area contributed by atoms with Crippen molar-refractivity contribution in [2.75, 3.05) is 0 Å². The molecule has 0 aromatic carbocycles. The highest BCUT2D eigenvalue weighted by atomic mass is 35.5. The van der Waals surface area contributed by atoms with Gasteiger partial charge in [-0.15, -0.1) is 24.8 Å². The van der Waals surface area contributed by atoms with E-state index in [-0.39, 0.29) is 24.8 Å². The van der Waals surface area contributed by atoms with E-state index in [2.05, 4.69) is 5.10 Å². The summed E-state index contributed by atoms with van der Waals surface area (Å²) in [4.78, 5) is 10.4. The van der Waals surface area contributed by atoms with Gasteiger partial charge in [0.2, 0.25) is 0 Å². The Bertz CT molecular complexity index is 304. The fourth-order valence-corrected chi connectivity index (χ4v) is 1.05. The van der Waals surface area contributed by atoms with Crippen molar-refractivity contribution in [3.05, 3.63) is 18.0 Å². The second kappa shape index (κ2) is 7.50. The molecule has 3 N–H and O–H groups in total. The molecule has 0 bridgehead atoms.